The molecule has 49 heavy (non-hydrogen) atoms. The molecule has 6 aromatic rings. The van der Waals surface area contributed by atoms with Crippen LogP contribution in [0.4, 0.5) is 5.69 Å². The summed E-state index contributed by atoms with van der Waals surface area (Å²) in [6.45, 7) is 3.20. The van der Waals surface area contributed by atoms with Gasteiger partial charge in [-0.25, -0.2) is 9.78 Å². The van der Waals surface area contributed by atoms with Gasteiger partial charge in [0.1, 0.15) is 0 Å². The van der Waals surface area contributed by atoms with Crippen molar-refractivity contribution in [1.29, 1.82) is 0 Å². The van der Waals surface area contributed by atoms with Crippen LogP contribution in [0.5, 0.6) is 0 Å². The second-order valence-corrected chi connectivity index (χ2v) is 12.9. The molecule has 0 bridgehead atoms. The fourth-order valence-corrected chi connectivity index (χ4v) is 6.65. The molecule has 7 rings (SSSR count). The van der Waals surface area contributed by atoms with Gasteiger partial charge in [0, 0.05) is 61.3 Å². The van der Waals surface area contributed by atoms with E-state index in [0.29, 0.717) is 23.1 Å². The summed E-state index contributed by atoms with van der Waals surface area (Å²) >= 11 is 0. The second-order valence-electron chi connectivity index (χ2n) is 12.9. The number of likely N-dealkylation sites (tertiary alicyclic amines) is 1. The third kappa shape index (κ3) is 7.01. The molecule has 10 heteroatoms. The molecular formula is C39H39N7O3. The molecule has 0 saturated carbocycles. The number of H-pyrrole nitrogens is 2. The number of likely N-dealkylation sites (N-methyl/N-ethyl adjacent to an activating group) is 1. The van der Waals surface area contributed by atoms with E-state index in [1.165, 1.54) is 11.6 Å². The van der Waals surface area contributed by atoms with Gasteiger partial charge in [0.15, 0.2) is 0 Å². The number of pyridine rings is 2. The molecule has 1 saturated heterocycles. The highest BCUT2D eigenvalue weighted by molar-refractivity contribution is 6.00. The minimum absolute atomic E-state index is 0.0634. The number of piperidine rings is 1. The molecule has 1 aliphatic rings. The third-order valence-corrected chi connectivity index (χ3v) is 9.12. The van der Waals surface area contributed by atoms with E-state index in [-0.39, 0.29) is 23.2 Å². The van der Waals surface area contributed by atoms with Crippen LogP contribution in [0.25, 0.3) is 44.3 Å². The molecule has 0 unspecified atom stereocenters. The molecule has 1 fully saturated rings. The van der Waals surface area contributed by atoms with E-state index in [0.717, 1.165) is 65.9 Å². The van der Waals surface area contributed by atoms with Crippen LogP contribution < -0.4 is 16.6 Å². The molecular weight excluding hydrogens is 614 g/mol. The number of aromatic amines is 2. The number of nitrogens with zero attached hydrogens (tertiary/aromatic N) is 4. The van der Waals surface area contributed by atoms with E-state index >= 15 is 0 Å². The summed E-state index contributed by atoms with van der Waals surface area (Å²) in [7, 11) is 3.89. The van der Waals surface area contributed by atoms with Crippen LogP contribution in [0.1, 0.15) is 24.4 Å². The normalized spacial score (nSPS) is 14.3. The summed E-state index contributed by atoms with van der Waals surface area (Å²) in [5.74, 6) is -0.200. The summed E-state index contributed by atoms with van der Waals surface area (Å²) in [5.41, 5.74) is 7.55. The van der Waals surface area contributed by atoms with E-state index in [4.69, 9.17) is 4.98 Å². The fraction of sp³-hybridized carbons (Fsp3) is 0.231. The zero-order valence-electron chi connectivity index (χ0n) is 27.6. The smallest absolute Gasteiger partial charge is 0.326 e. The van der Waals surface area contributed by atoms with Gasteiger partial charge in [0.25, 0.3) is 5.56 Å². The molecule has 3 N–H and O–H groups in total. The van der Waals surface area contributed by atoms with E-state index in [2.05, 4.69) is 44.5 Å². The van der Waals surface area contributed by atoms with Gasteiger partial charge < -0.3 is 20.2 Å². The fourth-order valence-electron chi connectivity index (χ4n) is 6.65. The monoisotopic (exact) mass is 653 g/mol. The van der Waals surface area contributed by atoms with E-state index < -0.39 is 0 Å². The minimum Gasteiger partial charge on any atom is -0.328 e. The number of fused-ring (bicyclic) bond motifs is 2. The summed E-state index contributed by atoms with van der Waals surface area (Å²) in [4.78, 5) is 53.1. The van der Waals surface area contributed by atoms with Gasteiger partial charge in [-0.3, -0.25) is 19.1 Å². The van der Waals surface area contributed by atoms with Crippen molar-refractivity contribution in [1.82, 2.24) is 29.3 Å². The molecule has 3 aromatic carbocycles. The highest BCUT2D eigenvalue weighted by Crippen LogP contribution is 2.33. The highest BCUT2D eigenvalue weighted by atomic mass is 16.2. The molecule has 0 radical (unpaired) electrons. The molecule has 0 aliphatic carbocycles. The van der Waals surface area contributed by atoms with Crippen LogP contribution in [-0.2, 0) is 11.3 Å². The van der Waals surface area contributed by atoms with Crippen molar-refractivity contribution in [2.45, 2.75) is 25.4 Å². The van der Waals surface area contributed by atoms with Crippen molar-refractivity contribution in [3.05, 3.63) is 130 Å². The number of anilines is 1. The number of benzene rings is 3. The van der Waals surface area contributed by atoms with Gasteiger partial charge in [0.05, 0.1) is 27.6 Å². The molecule has 1 aliphatic heterocycles. The van der Waals surface area contributed by atoms with Gasteiger partial charge in [-0.05, 0) is 68.4 Å². The first-order valence-corrected chi connectivity index (χ1v) is 16.6. The number of aromatic nitrogens is 4. The zero-order valence-corrected chi connectivity index (χ0v) is 27.6. The van der Waals surface area contributed by atoms with Crippen molar-refractivity contribution in [2.24, 2.45) is 0 Å². The predicted octanol–water partition coefficient (Wildman–Crippen LogP) is 5.79. The minimum atomic E-state index is -0.200. The van der Waals surface area contributed by atoms with Crippen LogP contribution in [0, 0.1) is 0 Å². The second kappa shape index (κ2) is 13.9. The largest absolute Gasteiger partial charge is 0.328 e. The van der Waals surface area contributed by atoms with Crippen LogP contribution in [0.2, 0.25) is 0 Å². The number of hydrogen-bond donors (Lipinski definition) is 3. The molecule has 4 heterocycles. The maximum absolute atomic E-state index is 13.1. The molecule has 1 amide bonds. The Labute approximate surface area is 283 Å². The number of carbonyl (C=O) groups excluding carboxylic acids is 1. The Morgan fingerprint density at radius 2 is 1.73 bits per heavy atom. The van der Waals surface area contributed by atoms with Crippen LogP contribution in [0.3, 0.4) is 0 Å². The van der Waals surface area contributed by atoms with Gasteiger partial charge in [-0.15, -0.1) is 0 Å². The standard InChI is InChI=1S/C39H39N7O3/c1-44(2)20-6-9-36(47)41-29-14-15-34-35(23-29)46(39(49)43-34)30-17-21-45(22-18-30)25-26-10-12-28(13-11-26)37-31(27-7-4-3-5-8-27)24-32-33(42-37)16-19-40-38(32)48/h3-16,19,23-24,30H,17-18,20-22,25H2,1-2H3,(H,40,48)(H,41,47)(H,43,49)/b9-6+. The Morgan fingerprint density at radius 3 is 2.49 bits per heavy atom. The SMILES string of the molecule is CN(C)C/C=C/C(=O)Nc1ccc2[nH]c(=O)n(C3CCN(Cc4ccc(-c5nc6cc[nH]c(=O)c6cc5-c5ccccc5)cc4)CC3)c2c1. The van der Waals surface area contributed by atoms with Crippen molar-refractivity contribution in [3.63, 3.8) is 0 Å². The lowest BCUT2D eigenvalue weighted by Gasteiger charge is -2.32. The van der Waals surface area contributed by atoms with Crippen LogP contribution in [-0.4, -0.2) is 69.0 Å². The van der Waals surface area contributed by atoms with E-state index in [1.807, 2.05) is 90.3 Å². The van der Waals surface area contributed by atoms with E-state index in [9.17, 15) is 14.4 Å². The predicted molar refractivity (Wildman–Crippen MR) is 196 cm³/mol. The van der Waals surface area contributed by atoms with Crippen molar-refractivity contribution < 1.29 is 4.79 Å². The first-order chi connectivity index (χ1) is 23.8. The van der Waals surface area contributed by atoms with Crippen molar-refractivity contribution in [2.75, 3.05) is 39.0 Å². The Balaban J connectivity index is 1.04. The maximum Gasteiger partial charge on any atom is 0.326 e. The quantitative estimate of drug-likeness (QED) is 0.170. The van der Waals surface area contributed by atoms with Gasteiger partial charge >= 0.3 is 5.69 Å². The van der Waals surface area contributed by atoms with Gasteiger partial charge in [0.2, 0.25) is 5.91 Å². The highest BCUT2D eigenvalue weighted by Gasteiger charge is 2.24. The lowest BCUT2D eigenvalue weighted by molar-refractivity contribution is -0.111. The number of carbonyl (C=O) groups is 1. The number of amides is 1. The summed E-state index contributed by atoms with van der Waals surface area (Å²) < 4.78 is 1.85. The average molecular weight is 654 g/mol. The molecule has 0 spiro atoms. The number of imidazole rings is 1. The molecule has 3 aromatic heterocycles. The maximum atomic E-state index is 13.1. The topological polar surface area (TPSA) is 119 Å². The molecule has 248 valence electrons. The third-order valence-electron chi connectivity index (χ3n) is 9.12. The van der Waals surface area contributed by atoms with E-state index in [1.54, 1.807) is 6.20 Å². The summed E-state index contributed by atoms with van der Waals surface area (Å²) in [6.07, 6.45) is 6.67. The Hall–Kier alpha value is -5.58. The lowest BCUT2D eigenvalue weighted by Crippen LogP contribution is -2.36. The summed E-state index contributed by atoms with van der Waals surface area (Å²) in [5, 5.41) is 3.48. The summed E-state index contributed by atoms with van der Waals surface area (Å²) in [6, 6.07) is 27.9. The Bertz CT molecular complexity index is 2260. The number of rotatable bonds is 9. The van der Waals surface area contributed by atoms with Crippen LogP contribution >= 0.6 is 0 Å². The van der Waals surface area contributed by atoms with Crippen molar-refractivity contribution in [3.8, 4) is 22.4 Å². The number of hydrogen-bond acceptors (Lipinski definition) is 6. The molecule has 0 atom stereocenters. The first kappa shape index (κ1) is 32.0. The number of nitrogens with one attached hydrogen (secondary N) is 3. The van der Waals surface area contributed by atoms with Crippen molar-refractivity contribution >= 4 is 33.5 Å². The Morgan fingerprint density at radius 1 is 0.959 bits per heavy atom. The van der Waals surface area contributed by atoms with Gasteiger partial charge in [-0.2, -0.15) is 0 Å². The first-order valence-electron chi connectivity index (χ1n) is 16.6. The Kier molecular flexibility index (Phi) is 9.06. The zero-order chi connectivity index (χ0) is 33.9. The molecule has 10 nitrogen and oxygen atoms in total. The lowest BCUT2D eigenvalue weighted by atomic mass is 9.97. The average Bonchev–Trinajstić information content (AvgIpc) is 3.43. The van der Waals surface area contributed by atoms with Gasteiger partial charge in [-0.1, -0.05) is 60.7 Å². The van der Waals surface area contributed by atoms with Crippen LogP contribution in [0.15, 0.2) is 113 Å².